The Bertz CT molecular complexity index is 341. The third-order valence-electron chi connectivity index (χ3n) is 1.35. The van der Waals surface area contributed by atoms with Gasteiger partial charge in [0.25, 0.3) is 6.43 Å². The molecule has 70 valence electrons. The van der Waals surface area contributed by atoms with Crippen molar-refractivity contribution < 1.29 is 23.1 Å². The first kappa shape index (κ1) is 9.50. The fourth-order valence-electron chi connectivity index (χ4n) is 0.752. The minimum absolute atomic E-state index is 0.0807. The molecule has 0 amide bonds. The van der Waals surface area contributed by atoms with Crippen molar-refractivity contribution in [3.8, 4) is 5.75 Å². The van der Waals surface area contributed by atoms with Gasteiger partial charge in [-0.15, -0.1) is 0 Å². The fourth-order valence-corrected chi connectivity index (χ4v) is 0.752. The van der Waals surface area contributed by atoms with E-state index >= 15 is 0 Å². The van der Waals surface area contributed by atoms with E-state index in [-0.39, 0.29) is 6.29 Å². The lowest BCUT2D eigenvalue weighted by Gasteiger charge is -2.02. The van der Waals surface area contributed by atoms with E-state index < -0.39 is 29.4 Å². The molecule has 0 fully saturated rings. The number of aromatic nitrogens is 1. The molecule has 1 aromatic heterocycles. The largest absolute Gasteiger partial charge is 0.506 e. The Labute approximate surface area is 70.8 Å². The molecule has 0 saturated carbocycles. The van der Waals surface area contributed by atoms with Gasteiger partial charge in [0.2, 0.25) is 5.95 Å². The van der Waals surface area contributed by atoms with Crippen molar-refractivity contribution in [1.29, 1.82) is 0 Å². The molecular weight excluding hydrogens is 187 g/mol. The standard InChI is InChI=1S/C7H4F3NO2/c8-6(9)5-4(13)1-3(2-12)7(10)11-5/h1-2,6,13H. The Morgan fingerprint density at radius 1 is 1.54 bits per heavy atom. The lowest BCUT2D eigenvalue weighted by Crippen LogP contribution is -1.98. The van der Waals surface area contributed by atoms with E-state index in [2.05, 4.69) is 4.98 Å². The number of nitrogens with zero attached hydrogens (tertiary/aromatic N) is 1. The average molecular weight is 191 g/mol. The summed E-state index contributed by atoms with van der Waals surface area (Å²) in [4.78, 5) is 12.8. The van der Waals surface area contributed by atoms with Crippen LogP contribution in [0.25, 0.3) is 0 Å². The van der Waals surface area contributed by atoms with Gasteiger partial charge in [-0.2, -0.15) is 4.39 Å². The first-order valence-electron chi connectivity index (χ1n) is 3.19. The lowest BCUT2D eigenvalue weighted by molar-refractivity contribution is 0.111. The summed E-state index contributed by atoms with van der Waals surface area (Å²) in [5.74, 6) is -2.21. The molecule has 0 atom stereocenters. The minimum Gasteiger partial charge on any atom is -0.506 e. The monoisotopic (exact) mass is 191 g/mol. The number of alkyl halides is 2. The molecular formula is C7H4F3NO2. The van der Waals surface area contributed by atoms with Crippen LogP contribution in [0.2, 0.25) is 0 Å². The number of halogens is 3. The molecule has 0 aliphatic carbocycles. The number of hydrogen-bond acceptors (Lipinski definition) is 3. The summed E-state index contributed by atoms with van der Waals surface area (Å²) in [5, 5.41) is 8.85. The molecule has 0 saturated heterocycles. The smallest absolute Gasteiger partial charge is 0.284 e. The first-order valence-corrected chi connectivity index (χ1v) is 3.19. The van der Waals surface area contributed by atoms with Crippen LogP contribution >= 0.6 is 0 Å². The summed E-state index contributed by atoms with van der Waals surface area (Å²) in [5.41, 5.74) is -1.62. The second kappa shape index (κ2) is 3.42. The van der Waals surface area contributed by atoms with Crippen molar-refractivity contribution in [2.24, 2.45) is 0 Å². The summed E-state index contributed by atoms with van der Waals surface area (Å²) < 4.78 is 36.5. The van der Waals surface area contributed by atoms with Gasteiger partial charge in [0.1, 0.15) is 5.75 Å². The Morgan fingerprint density at radius 3 is 2.62 bits per heavy atom. The van der Waals surface area contributed by atoms with Crippen molar-refractivity contribution in [1.82, 2.24) is 4.98 Å². The Hall–Kier alpha value is -1.59. The maximum absolute atomic E-state index is 12.6. The lowest BCUT2D eigenvalue weighted by atomic mass is 10.2. The zero-order valence-corrected chi connectivity index (χ0v) is 6.17. The van der Waals surface area contributed by atoms with Gasteiger partial charge < -0.3 is 5.11 Å². The van der Waals surface area contributed by atoms with E-state index in [0.717, 1.165) is 0 Å². The van der Waals surface area contributed by atoms with Crippen LogP contribution in [0.3, 0.4) is 0 Å². The second-order valence-corrected chi connectivity index (χ2v) is 2.19. The van der Waals surface area contributed by atoms with Crippen LogP contribution in [0.15, 0.2) is 6.07 Å². The van der Waals surface area contributed by atoms with E-state index in [9.17, 15) is 18.0 Å². The van der Waals surface area contributed by atoms with Crippen LogP contribution in [0.4, 0.5) is 13.2 Å². The van der Waals surface area contributed by atoms with Crippen LogP contribution in [0.1, 0.15) is 22.5 Å². The van der Waals surface area contributed by atoms with Gasteiger partial charge in [-0.05, 0) is 6.07 Å². The molecule has 6 heteroatoms. The average Bonchev–Trinajstić information content (AvgIpc) is 2.07. The highest BCUT2D eigenvalue weighted by atomic mass is 19.3. The number of aldehydes is 1. The number of pyridine rings is 1. The van der Waals surface area contributed by atoms with Crippen molar-refractivity contribution in [2.45, 2.75) is 6.43 Å². The number of hydrogen-bond donors (Lipinski definition) is 1. The predicted octanol–water partition coefficient (Wildman–Crippen LogP) is 1.68. The van der Waals surface area contributed by atoms with Crippen molar-refractivity contribution in [3.63, 3.8) is 0 Å². The van der Waals surface area contributed by atoms with Crippen LogP contribution in [-0.4, -0.2) is 16.4 Å². The van der Waals surface area contributed by atoms with E-state index in [4.69, 9.17) is 5.11 Å². The van der Waals surface area contributed by atoms with Crippen molar-refractivity contribution in [2.75, 3.05) is 0 Å². The molecule has 13 heavy (non-hydrogen) atoms. The third-order valence-corrected chi connectivity index (χ3v) is 1.35. The maximum Gasteiger partial charge on any atom is 0.284 e. The van der Waals surface area contributed by atoms with Crippen LogP contribution < -0.4 is 0 Å². The van der Waals surface area contributed by atoms with Gasteiger partial charge in [0.05, 0.1) is 5.56 Å². The topological polar surface area (TPSA) is 50.2 Å². The van der Waals surface area contributed by atoms with E-state index in [1.54, 1.807) is 0 Å². The zero-order valence-electron chi connectivity index (χ0n) is 6.17. The van der Waals surface area contributed by atoms with Gasteiger partial charge in [-0.1, -0.05) is 0 Å². The molecule has 3 nitrogen and oxygen atoms in total. The van der Waals surface area contributed by atoms with E-state index in [0.29, 0.717) is 6.07 Å². The summed E-state index contributed by atoms with van der Waals surface area (Å²) in [6.45, 7) is 0. The Balaban J connectivity index is 3.28. The Kier molecular flexibility index (Phi) is 2.50. The molecule has 1 aromatic rings. The van der Waals surface area contributed by atoms with Gasteiger partial charge in [0, 0.05) is 0 Å². The van der Waals surface area contributed by atoms with Gasteiger partial charge in [-0.3, -0.25) is 4.79 Å². The first-order chi connectivity index (χ1) is 6.06. The summed E-state index contributed by atoms with van der Waals surface area (Å²) in [6, 6.07) is 0.608. The molecule has 0 unspecified atom stereocenters. The number of carbonyl (C=O) groups is 1. The molecule has 1 rings (SSSR count). The summed E-state index contributed by atoms with van der Waals surface area (Å²) in [6.07, 6.45) is -2.99. The minimum atomic E-state index is -3.07. The normalized spacial score (nSPS) is 10.5. The highest BCUT2D eigenvalue weighted by molar-refractivity contribution is 5.75. The second-order valence-electron chi connectivity index (χ2n) is 2.19. The van der Waals surface area contributed by atoms with Crippen molar-refractivity contribution in [3.05, 3.63) is 23.3 Å². The Morgan fingerprint density at radius 2 is 2.15 bits per heavy atom. The van der Waals surface area contributed by atoms with E-state index in [1.165, 1.54) is 0 Å². The van der Waals surface area contributed by atoms with Crippen LogP contribution in [-0.2, 0) is 0 Å². The van der Waals surface area contributed by atoms with Gasteiger partial charge in [-0.25, -0.2) is 13.8 Å². The number of rotatable bonds is 2. The highest BCUT2D eigenvalue weighted by Crippen LogP contribution is 2.26. The molecule has 0 spiro atoms. The van der Waals surface area contributed by atoms with Gasteiger partial charge in [0.15, 0.2) is 12.0 Å². The molecule has 0 aliphatic heterocycles. The fraction of sp³-hybridized carbons (Fsp3) is 0.143. The zero-order chi connectivity index (χ0) is 10.0. The molecule has 0 radical (unpaired) electrons. The van der Waals surface area contributed by atoms with Crippen LogP contribution in [0.5, 0.6) is 5.75 Å². The number of carbonyl (C=O) groups excluding carboxylic acids is 1. The van der Waals surface area contributed by atoms with Crippen LogP contribution in [0, 0.1) is 5.95 Å². The molecule has 0 aliphatic rings. The van der Waals surface area contributed by atoms with Gasteiger partial charge >= 0.3 is 0 Å². The molecule has 0 aromatic carbocycles. The highest BCUT2D eigenvalue weighted by Gasteiger charge is 2.18. The predicted molar refractivity (Wildman–Crippen MR) is 36.2 cm³/mol. The number of aromatic hydroxyl groups is 1. The SMILES string of the molecule is O=Cc1cc(O)c(C(F)F)nc1F. The third kappa shape index (κ3) is 1.77. The van der Waals surface area contributed by atoms with Crippen molar-refractivity contribution >= 4 is 6.29 Å². The molecule has 1 heterocycles. The molecule has 0 bridgehead atoms. The summed E-state index contributed by atoms with van der Waals surface area (Å²) >= 11 is 0. The maximum atomic E-state index is 12.6. The molecule has 1 N–H and O–H groups in total. The summed E-state index contributed by atoms with van der Waals surface area (Å²) in [7, 11) is 0. The van der Waals surface area contributed by atoms with E-state index in [1.807, 2.05) is 0 Å². The quantitative estimate of drug-likeness (QED) is 0.571.